The van der Waals surface area contributed by atoms with Gasteiger partial charge in [-0.05, 0) is 37.0 Å². The number of hydrogen-bond donors (Lipinski definition) is 0. The fourth-order valence-corrected chi connectivity index (χ4v) is 4.02. The molecule has 0 aliphatic carbocycles. The summed E-state index contributed by atoms with van der Waals surface area (Å²) in [6.45, 7) is 13.7. The minimum Gasteiger partial charge on any atom is -1.00 e. The second-order valence-corrected chi connectivity index (χ2v) is 9.72. The third-order valence-corrected chi connectivity index (χ3v) is 8.05. The Morgan fingerprint density at radius 3 is 0.625 bits per heavy atom. The number of hydrogen-bond acceptors (Lipinski definition) is 0. The van der Waals surface area contributed by atoms with Crippen LogP contribution < -0.4 is 17.0 Å². The first kappa shape index (κ1) is 26.6. The van der Waals surface area contributed by atoms with Gasteiger partial charge in [-0.1, -0.05) is 41.5 Å². The molecule has 0 nitrogen and oxygen atoms in total. The van der Waals surface area contributed by atoms with Crippen LogP contribution in [0.2, 0.25) is 0 Å². The molecule has 0 saturated carbocycles. The molecule has 0 saturated heterocycles. The first-order chi connectivity index (χ1) is 6.69. The van der Waals surface area contributed by atoms with Crippen LogP contribution in [0, 0.1) is 0 Å². The molecule has 0 aromatic carbocycles. The maximum Gasteiger partial charge on any atom is 1.00 e. The molecule has 16 heavy (non-hydrogen) atoms. The molecule has 0 aliphatic heterocycles. The van der Waals surface area contributed by atoms with Crippen molar-refractivity contribution in [1.82, 2.24) is 0 Å². The van der Waals surface area contributed by atoms with Gasteiger partial charge in [0.25, 0.3) is 0 Å². The maximum absolute atomic E-state index is 2.29. The van der Waals surface area contributed by atoms with Crippen molar-refractivity contribution in [2.24, 2.45) is 0 Å². The normalized spacial score (nSPS) is 9.00. The Morgan fingerprint density at radius 1 is 0.500 bits per heavy atom. The number of halogens is 1. The Kier molecular flexibility index (Phi) is 37.0. The second-order valence-electron chi connectivity index (χ2n) is 3.24. The van der Waals surface area contributed by atoms with Crippen LogP contribution in [0.4, 0.5) is 0 Å². The molecule has 0 radical (unpaired) electrons. The molecule has 0 unspecified atom stereocenters. The molecule has 0 N–H and O–H groups in total. The summed E-state index contributed by atoms with van der Waals surface area (Å²) in [5, 5.41) is 0. The summed E-state index contributed by atoms with van der Waals surface area (Å²) < 4.78 is 0. The summed E-state index contributed by atoms with van der Waals surface area (Å²) in [6, 6.07) is 0. The van der Waals surface area contributed by atoms with Gasteiger partial charge < -0.3 is 17.0 Å². The largest absolute Gasteiger partial charge is 1.00 e. The SMILES string of the molecule is CCP(CC)CC.CCP(CC)CC.[Au+].[Br-]. The zero-order valence-corrected chi connectivity index (χ0v) is 17.4. The third-order valence-electron chi connectivity index (χ3n) is 2.68. The fraction of sp³-hybridized carbons (Fsp3) is 1.00. The molecule has 0 bridgehead atoms. The molecular formula is C12H30AuBrP2. The van der Waals surface area contributed by atoms with Crippen LogP contribution in [0.1, 0.15) is 41.5 Å². The quantitative estimate of drug-likeness (QED) is 0.377. The molecule has 0 rings (SSSR count). The van der Waals surface area contributed by atoms with Gasteiger partial charge in [-0.15, -0.1) is 15.8 Å². The first-order valence-electron chi connectivity index (χ1n) is 6.14. The zero-order valence-electron chi connectivity index (χ0n) is 11.8. The minimum absolute atomic E-state index is 0. The molecule has 0 aliphatic rings. The van der Waals surface area contributed by atoms with E-state index in [1.165, 1.54) is 37.0 Å². The molecular weight excluding hydrogens is 483 g/mol. The van der Waals surface area contributed by atoms with Gasteiger partial charge in [0.1, 0.15) is 0 Å². The maximum atomic E-state index is 2.29. The van der Waals surface area contributed by atoms with Gasteiger partial charge in [-0.25, -0.2) is 0 Å². The standard InChI is InChI=1S/2C6H15P.Au.BrH/c2*1-4-7(5-2)6-3;;/h2*4-6H2,1-3H3;;1H/q;;+1;/p-1. The smallest absolute Gasteiger partial charge is 1.00 e. The van der Waals surface area contributed by atoms with E-state index in [0.29, 0.717) is 15.8 Å². The average Bonchev–Trinajstić information content (AvgIpc) is 2.24. The van der Waals surface area contributed by atoms with Crippen molar-refractivity contribution in [2.45, 2.75) is 41.5 Å². The molecule has 0 spiro atoms. The van der Waals surface area contributed by atoms with Crippen molar-refractivity contribution in [1.29, 1.82) is 0 Å². The van der Waals surface area contributed by atoms with Gasteiger partial charge >= 0.3 is 22.4 Å². The van der Waals surface area contributed by atoms with E-state index in [2.05, 4.69) is 41.5 Å². The predicted octanol–water partition coefficient (Wildman–Crippen LogP) is 2.06. The van der Waals surface area contributed by atoms with Crippen LogP contribution in [0.3, 0.4) is 0 Å². The molecule has 0 aromatic heterocycles. The van der Waals surface area contributed by atoms with Crippen LogP contribution in [0.25, 0.3) is 0 Å². The molecule has 0 fully saturated rings. The van der Waals surface area contributed by atoms with E-state index in [-0.39, 0.29) is 39.4 Å². The van der Waals surface area contributed by atoms with Gasteiger partial charge in [-0.3, -0.25) is 0 Å². The van der Waals surface area contributed by atoms with E-state index in [1.807, 2.05) is 0 Å². The topological polar surface area (TPSA) is 0 Å². The first-order valence-corrected chi connectivity index (χ1v) is 9.93. The van der Waals surface area contributed by atoms with Crippen LogP contribution in [0.15, 0.2) is 0 Å². The Morgan fingerprint density at radius 2 is 0.625 bits per heavy atom. The van der Waals surface area contributed by atoms with Crippen molar-refractivity contribution >= 4 is 15.8 Å². The summed E-state index contributed by atoms with van der Waals surface area (Å²) in [6.07, 6.45) is 8.51. The Hall–Kier alpha value is 2.08. The van der Waals surface area contributed by atoms with Crippen LogP contribution in [-0.2, 0) is 22.4 Å². The fourth-order valence-electron chi connectivity index (χ4n) is 1.34. The third kappa shape index (κ3) is 18.4. The summed E-state index contributed by atoms with van der Waals surface area (Å²) in [7, 11) is 0.892. The van der Waals surface area contributed by atoms with Crippen LogP contribution >= 0.6 is 15.8 Å². The van der Waals surface area contributed by atoms with Crippen LogP contribution in [-0.4, -0.2) is 37.0 Å². The van der Waals surface area contributed by atoms with Crippen molar-refractivity contribution in [3.8, 4) is 0 Å². The predicted molar refractivity (Wildman–Crippen MR) is 77.1 cm³/mol. The van der Waals surface area contributed by atoms with Gasteiger partial charge in [-0.2, -0.15) is 0 Å². The Bertz CT molecular complexity index is 74.0. The van der Waals surface area contributed by atoms with Gasteiger partial charge in [0, 0.05) is 0 Å². The Balaban J connectivity index is -0.0000000800. The van der Waals surface area contributed by atoms with E-state index < -0.39 is 0 Å². The Labute approximate surface area is 133 Å². The monoisotopic (exact) mass is 512 g/mol. The van der Waals surface area contributed by atoms with Gasteiger partial charge in [0.2, 0.25) is 0 Å². The minimum atomic E-state index is 0. The number of rotatable bonds is 6. The molecule has 0 heterocycles. The van der Waals surface area contributed by atoms with Gasteiger partial charge in [0.05, 0.1) is 0 Å². The molecule has 4 heteroatoms. The summed E-state index contributed by atoms with van der Waals surface area (Å²) in [4.78, 5) is 0. The van der Waals surface area contributed by atoms with E-state index in [1.54, 1.807) is 0 Å². The molecule has 0 amide bonds. The van der Waals surface area contributed by atoms with E-state index in [9.17, 15) is 0 Å². The van der Waals surface area contributed by atoms with Crippen molar-refractivity contribution in [3.63, 3.8) is 0 Å². The molecule has 106 valence electrons. The summed E-state index contributed by atoms with van der Waals surface area (Å²) in [5.41, 5.74) is 0. The summed E-state index contributed by atoms with van der Waals surface area (Å²) >= 11 is 0. The summed E-state index contributed by atoms with van der Waals surface area (Å²) in [5.74, 6) is 0. The van der Waals surface area contributed by atoms with E-state index >= 15 is 0 Å². The van der Waals surface area contributed by atoms with Crippen molar-refractivity contribution < 1.29 is 39.4 Å². The van der Waals surface area contributed by atoms with E-state index in [0.717, 1.165) is 0 Å². The second kappa shape index (κ2) is 22.3. The average molecular weight is 513 g/mol. The molecule has 0 aromatic rings. The van der Waals surface area contributed by atoms with Gasteiger partial charge in [0.15, 0.2) is 0 Å². The molecule has 0 atom stereocenters. The van der Waals surface area contributed by atoms with E-state index in [4.69, 9.17) is 0 Å². The van der Waals surface area contributed by atoms with Crippen molar-refractivity contribution in [2.75, 3.05) is 37.0 Å². The zero-order chi connectivity index (χ0) is 11.4. The van der Waals surface area contributed by atoms with Crippen molar-refractivity contribution in [3.05, 3.63) is 0 Å². The van der Waals surface area contributed by atoms with Crippen LogP contribution in [0.5, 0.6) is 0 Å².